The molecule has 0 saturated carbocycles. The number of carbonyl (C=O) groups is 1. The second-order valence-electron chi connectivity index (χ2n) is 6.50. The van der Waals surface area contributed by atoms with E-state index in [1.807, 2.05) is 23.1 Å². The molecule has 2 heterocycles. The summed E-state index contributed by atoms with van der Waals surface area (Å²) in [5, 5.41) is 4.16. The number of hydrogen-bond acceptors (Lipinski definition) is 2. The summed E-state index contributed by atoms with van der Waals surface area (Å²) in [6, 6.07) is 6.19. The molecule has 0 bridgehead atoms. The van der Waals surface area contributed by atoms with Crippen molar-refractivity contribution in [1.29, 1.82) is 0 Å². The van der Waals surface area contributed by atoms with Crippen LogP contribution in [0.15, 0.2) is 18.2 Å². The number of anilines is 1. The first kappa shape index (κ1) is 13.9. The molecule has 1 atom stereocenters. The van der Waals surface area contributed by atoms with Crippen molar-refractivity contribution in [3.05, 3.63) is 28.8 Å². The van der Waals surface area contributed by atoms with Crippen molar-refractivity contribution in [2.45, 2.75) is 44.6 Å². The summed E-state index contributed by atoms with van der Waals surface area (Å²) in [4.78, 5) is 14.5. The Morgan fingerprint density at radius 1 is 1.50 bits per heavy atom. The Balaban J connectivity index is 1.86. The smallest absolute Gasteiger partial charge is 0.228 e. The van der Waals surface area contributed by atoms with Crippen LogP contribution in [0.5, 0.6) is 0 Å². The van der Waals surface area contributed by atoms with Gasteiger partial charge >= 0.3 is 0 Å². The van der Waals surface area contributed by atoms with E-state index in [-0.39, 0.29) is 11.3 Å². The first-order chi connectivity index (χ1) is 9.49. The van der Waals surface area contributed by atoms with Crippen LogP contribution in [0.2, 0.25) is 5.02 Å². The lowest BCUT2D eigenvalue weighted by Gasteiger charge is -2.22. The average molecular weight is 293 g/mol. The van der Waals surface area contributed by atoms with Crippen molar-refractivity contribution < 1.29 is 4.79 Å². The third kappa shape index (κ3) is 2.33. The summed E-state index contributed by atoms with van der Waals surface area (Å²) in [6.45, 7) is 6.06. The van der Waals surface area contributed by atoms with Crippen LogP contribution in [0.1, 0.15) is 38.7 Å². The molecule has 3 nitrogen and oxygen atoms in total. The molecule has 1 aromatic carbocycles. The second-order valence-corrected chi connectivity index (χ2v) is 6.90. The first-order valence-electron chi connectivity index (χ1n) is 7.32. The highest BCUT2D eigenvalue weighted by atomic mass is 35.5. The minimum absolute atomic E-state index is 0.0769. The summed E-state index contributed by atoms with van der Waals surface area (Å²) >= 11 is 6.34. The van der Waals surface area contributed by atoms with Gasteiger partial charge in [-0.15, -0.1) is 0 Å². The molecule has 1 saturated heterocycles. The van der Waals surface area contributed by atoms with Gasteiger partial charge in [0.15, 0.2) is 0 Å². The zero-order chi connectivity index (χ0) is 14.3. The fourth-order valence-corrected chi connectivity index (χ4v) is 3.87. The Bertz CT molecular complexity index is 535. The number of fused-ring (bicyclic) bond motifs is 1. The van der Waals surface area contributed by atoms with E-state index in [4.69, 9.17) is 11.6 Å². The van der Waals surface area contributed by atoms with Crippen LogP contribution < -0.4 is 10.2 Å². The molecule has 1 fully saturated rings. The van der Waals surface area contributed by atoms with E-state index in [1.54, 1.807) is 0 Å². The van der Waals surface area contributed by atoms with Gasteiger partial charge in [-0.2, -0.15) is 0 Å². The lowest BCUT2D eigenvalue weighted by Crippen LogP contribution is -2.37. The topological polar surface area (TPSA) is 32.3 Å². The minimum Gasteiger partial charge on any atom is -0.313 e. The number of amides is 1. The molecule has 0 aliphatic carbocycles. The van der Waals surface area contributed by atoms with Crippen LogP contribution in [0.3, 0.4) is 0 Å². The van der Waals surface area contributed by atoms with Crippen molar-refractivity contribution >= 4 is 23.2 Å². The van der Waals surface area contributed by atoms with E-state index < -0.39 is 0 Å². The number of carbonyl (C=O) groups excluding carboxylic acids is 1. The van der Waals surface area contributed by atoms with Gasteiger partial charge in [0.2, 0.25) is 5.91 Å². The zero-order valence-corrected chi connectivity index (χ0v) is 12.8. The molecule has 2 aliphatic rings. The van der Waals surface area contributed by atoms with Gasteiger partial charge in [0, 0.05) is 40.7 Å². The average Bonchev–Trinajstić information content (AvgIpc) is 2.96. The molecule has 3 rings (SSSR count). The van der Waals surface area contributed by atoms with Gasteiger partial charge in [0.05, 0.1) is 0 Å². The number of benzene rings is 1. The summed E-state index contributed by atoms with van der Waals surface area (Å²) < 4.78 is 0. The molecule has 1 aromatic rings. The lowest BCUT2D eigenvalue weighted by atomic mass is 9.87. The van der Waals surface area contributed by atoms with Crippen LogP contribution in [0, 0.1) is 0 Å². The van der Waals surface area contributed by atoms with Gasteiger partial charge in [-0.3, -0.25) is 4.79 Å². The van der Waals surface area contributed by atoms with E-state index >= 15 is 0 Å². The number of halogens is 1. The predicted octanol–water partition coefficient (Wildman–Crippen LogP) is 3.11. The van der Waals surface area contributed by atoms with Crippen LogP contribution in [0.25, 0.3) is 0 Å². The third-order valence-electron chi connectivity index (χ3n) is 4.40. The van der Waals surface area contributed by atoms with Gasteiger partial charge in [-0.1, -0.05) is 31.5 Å². The molecule has 0 aromatic heterocycles. The maximum absolute atomic E-state index is 12.6. The van der Waals surface area contributed by atoms with Crippen molar-refractivity contribution in [1.82, 2.24) is 5.32 Å². The largest absolute Gasteiger partial charge is 0.313 e. The molecule has 108 valence electrons. The number of nitrogens with one attached hydrogen (secondary N) is 1. The van der Waals surface area contributed by atoms with Crippen LogP contribution in [-0.4, -0.2) is 25.0 Å². The molecule has 1 unspecified atom stereocenters. The molecule has 1 amide bonds. The normalized spacial score (nSPS) is 23.9. The Morgan fingerprint density at radius 2 is 2.30 bits per heavy atom. The van der Waals surface area contributed by atoms with Crippen LogP contribution in [0.4, 0.5) is 5.69 Å². The molecule has 0 radical (unpaired) electrons. The van der Waals surface area contributed by atoms with E-state index in [9.17, 15) is 4.79 Å². The number of hydrogen-bond donors (Lipinski definition) is 1. The number of nitrogens with zero attached hydrogens (tertiary/aromatic N) is 1. The standard InChI is InChI=1S/C16H21ClN2O/c1-16(2)10-19(13-7-3-6-12(17)15(13)16)14(20)9-11-5-4-8-18-11/h3,6-7,11,18H,4-5,8-10H2,1-2H3. The van der Waals surface area contributed by atoms with Gasteiger partial charge < -0.3 is 10.2 Å². The molecule has 20 heavy (non-hydrogen) atoms. The second kappa shape index (κ2) is 5.05. The van der Waals surface area contributed by atoms with E-state index in [2.05, 4.69) is 19.2 Å². The third-order valence-corrected chi connectivity index (χ3v) is 4.71. The van der Waals surface area contributed by atoms with E-state index in [0.29, 0.717) is 12.5 Å². The van der Waals surface area contributed by atoms with Crippen molar-refractivity contribution in [3.8, 4) is 0 Å². The van der Waals surface area contributed by atoms with Gasteiger partial charge in [0.1, 0.15) is 0 Å². The van der Waals surface area contributed by atoms with Crippen LogP contribution >= 0.6 is 11.6 Å². The molecule has 0 spiro atoms. The minimum atomic E-state index is -0.0769. The Labute approximate surface area is 125 Å². The van der Waals surface area contributed by atoms with E-state index in [0.717, 1.165) is 35.8 Å². The SMILES string of the molecule is CC1(C)CN(C(=O)CC2CCCN2)c2cccc(Cl)c21. The fourth-order valence-electron chi connectivity index (χ4n) is 3.44. The van der Waals surface area contributed by atoms with Crippen molar-refractivity contribution in [2.24, 2.45) is 0 Å². The quantitative estimate of drug-likeness (QED) is 0.908. The number of rotatable bonds is 2. The van der Waals surface area contributed by atoms with Gasteiger partial charge in [0.25, 0.3) is 0 Å². The summed E-state index contributed by atoms with van der Waals surface area (Å²) in [7, 11) is 0. The maximum atomic E-state index is 12.6. The first-order valence-corrected chi connectivity index (χ1v) is 7.69. The fraction of sp³-hybridized carbons (Fsp3) is 0.562. The van der Waals surface area contributed by atoms with Crippen LogP contribution in [-0.2, 0) is 10.2 Å². The van der Waals surface area contributed by atoms with Gasteiger partial charge in [-0.05, 0) is 31.5 Å². The highest BCUT2D eigenvalue weighted by molar-refractivity contribution is 6.32. The summed E-state index contributed by atoms with van der Waals surface area (Å²) in [6.07, 6.45) is 2.86. The van der Waals surface area contributed by atoms with E-state index in [1.165, 1.54) is 6.42 Å². The lowest BCUT2D eigenvalue weighted by molar-refractivity contribution is -0.119. The highest BCUT2D eigenvalue weighted by Gasteiger charge is 2.39. The summed E-state index contributed by atoms with van der Waals surface area (Å²) in [5.74, 6) is 0.207. The molecule has 4 heteroatoms. The monoisotopic (exact) mass is 292 g/mol. The van der Waals surface area contributed by atoms with Crippen molar-refractivity contribution in [2.75, 3.05) is 18.0 Å². The van der Waals surface area contributed by atoms with Gasteiger partial charge in [-0.25, -0.2) is 0 Å². The molecule has 1 N–H and O–H groups in total. The Kier molecular flexibility index (Phi) is 3.51. The zero-order valence-electron chi connectivity index (χ0n) is 12.1. The summed E-state index contributed by atoms with van der Waals surface area (Å²) in [5.41, 5.74) is 2.02. The molecule has 2 aliphatic heterocycles. The Morgan fingerprint density at radius 3 is 3.00 bits per heavy atom. The van der Waals surface area contributed by atoms with Crippen molar-refractivity contribution in [3.63, 3.8) is 0 Å². The molecular weight excluding hydrogens is 272 g/mol. The molecular formula is C16H21ClN2O. The predicted molar refractivity (Wildman–Crippen MR) is 82.5 cm³/mol. The maximum Gasteiger partial charge on any atom is 0.228 e. The Hall–Kier alpha value is -1.06. The highest BCUT2D eigenvalue weighted by Crippen LogP contribution is 2.44.